The number of hydrogen-bond acceptors (Lipinski definition) is 3. The summed E-state index contributed by atoms with van der Waals surface area (Å²) in [6.45, 7) is 4.31. The molecule has 1 atom stereocenters. The first-order valence-electron chi connectivity index (χ1n) is 6.83. The lowest BCUT2D eigenvalue weighted by molar-refractivity contribution is -0.119. The molecule has 0 bridgehead atoms. The summed E-state index contributed by atoms with van der Waals surface area (Å²) in [5.74, 6) is 0.937. The molecule has 4 nitrogen and oxygen atoms in total. The van der Waals surface area contributed by atoms with Crippen molar-refractivity contribution in [2.24, 2.45) is 0 Å². The van der Waals surface area contributed by atoms with Gasteiger partial charge in [0.1, 0.15) is 5.75 Å². The molecule has 0 spiro atoms. The van der Waals surface area contributed by atoms with Crippen molar-refractivity contribution in [1.29, 1.82) is 0 Å². The van der Waals surface area contributed by atoms with Crippen LogP contribution in [0.2, 0.25) is 0 Å². The highest BCUT2D eigenvalue weighted by atomic mass is 16.5. The number of nitrogens with zero attached hydrogens (tertiary/aromatic N) is 1. The quantitative estimate of drug-likeness (QED) is 0.882. The highest BCUT2D eigenvalue weighted by molar-refractivity contribution is 5.72. The fraction of sp³-hybridized carbons (Fsp3) is 0.533. The maximum atomic E-state index is 10.9. The van der Waals surface area contributed by atoms with E-state index in [9.17, 15) is 4.79 Å². The second kappa shape index (κ2) is 6.57. The van der Waals surface area contributed by atoms with Gasteiger partial charge in [0.25, 0.3) is 0 Å². The van der Waals surface area contributed by atoms with Crippen LogP contribution in [0.3, 0.4) is 0 Å². The summed E-state index contributed by atoms with van der Waals surface area (Å²) in [7, 11) is 1.68. The molecule has 0 radical (unpaired) electrons. The lowest BCUT2D eigenvalue weighted by Crippen LogP contribution is -2.33. The zero-order valence-electron chi connectivity index (χ0n) is 11.7. The molecule has 1 aromatic rings. The SMILES string of the molecule is COc1ccc([C@@H]2CCCN2CCNC(C)=O)cc1. The Morgan fingerprint density at radius 3 is 2.79 bits per heavy atom. The summed E-state index contributed by atoms with van der Waals surface area (Å²) in [6.07, 6.45) is 2.41. The Morgan fingerprint density at radius 1 is 1.42 bits per heavy atom. The van der Waals surface area contributed by atoms with Crippen molar-refractivity contribution < 1.29 is 9.53 Å². The first-order chi connectivity index (χ1) is 9.20. The summed E-state index contributed by atoms with van der Waals surface area (Å²) in [6, 6.07) is 8.78. The molecule has 1 aromatic carbocycles. The van der Waals surface area contributed by atoms with E-state index in [1.165, 1.54) is 18.4 Å². The number of ether oxygens (including phenoxy) is 1. The van der Waals surface area contributed by atoms with Crippen LogP contribution in [0.15, 0.2) is 24.3 Å². The lowest BCUT2D eigenvalue weighted by Gasteiger charge is -2.25. The van der Waals surface area contributed by atoms with Gasteiger partial charge in [-0.1, -0.05) is 12.1 Å². The van der Waals surface area contributed by atoms with Crippen molar-refractivity contribution in [3.63, 3.8) is 0 Å². The van der Waals surface area contributed by atoms with Crippen LogP contribution in [0.4, 0.5) is 0 Å². The van der Waals surface area contributed by atoms with Crippen molar-refractivity contribution in [2.75, 3.05) is 26.7 Å². The normalized spacial score (nSPS) is 19.4. The minimum Gasteiger partial charge on any atom is -0.497 e. The molecule has 0 saturated carbocycles. The Kier molecular flexibility index (Phi) is 4.80. The number of rotatable bonds is 5. The van der Waals surface area contributed by atoms with Crippen LogP contribution in [0.25, 0.3) is 0 Å². The van der Waals surface area contributed by atoms with Crippen LogP contribution >= 0.6 is 0 Å². The van der Waals surface area contributed by atoms with E-state index in [-0.39, 0.29) is 5.91 Å². The van der Waals surface area contributed by atoms with Crippen LogP contribution in [0, 0.1) is 0 Å². The fourth-order valence-corrected chi connectivity index (χ4v) is 2.67. The smallest absolute Gasteiger partial charge is 0.216 e. The van der Waals surface area contributed by atoms with E-state index in [4.69, 9.17) is 4.74 Å². The molecular weight excluding hydrogens is 240 g/mol. The average molecular weight is 262 g/mol. The van der Waals surface area contributed by atoms with Crippen LogP contribution in [-0.4, -0.2) is 37.6 Å². The Bertz CT molecular complexity index is 417. The second-order valence-corrected chi connectivity index (χ2v) is 4.95. The van der Waals surface area contributed by atoms with E-state index < -0.39 is 0 Å². The molecule has 4 heteroatoms. The first-order valence-corrected chi connectivity index (χ1v) is 6.83. The minimum atomic E-state index is 0.0418. The average Bonchev–Trinajstić information content (AvgIpc) is 2.87. The van der Waals surface area contributed by atoms with Gasteiger partial charge >= 0.3 is 0 Å². The Balaban J connectivity index is 1.95. The highest BCUT2D eigenvalue weighted by Crippen LogP contribution is 2.32. The summed E-state index contributed by atoms with van der Waals surface area (Å²) in [5, 5.41) is 2.86. The molecule has 1 fully saturated rings. The molecule has 1 heterocycles. The molecule has 0 aromatic heterocycles. The minimum absolute atomic E-state index is 0.0418. The molecule has 1 N–H and O–H groups in total. The van der Waals surface area contributed by atoms with E-state index in [0.717, 1.165) is 25.4 Å². The third kappa shape index (κ3) is 3.70. The van der Waals surface area contributed by atoms with E-state index in [1.54, 1.807) is 14.0 Å². The highest BCUT2D eigenvalue weighted by Gasteiger charge is 2.25. The third-order valence-electron chi connectivity index (χ3n) is 3.64. The van der Waals surface area contributed by atoms with Gasteiger partial charge in [0.15, 0.2) is 0 Å². The maximum absolute atomic E-state index is 10.9. The number of carbonyl (C=O) groups excluding carboxylic acids is 1. The Labute approximate surface area is 114 Å². The molecule has 1 saturated heterocycles. The molecule has 2 rings (SSSR count). The van der Waals surface area contributed by atoms with Crippen LogP contribution in [0.1, 0.15) is 31.4 Å². The standard InChI is InChI=1S/C15H22N2O2/c1-12(18)16-9-11-17-10-3-4-15(17)13-5-7-14(19-2)8-6-13/h5-8,15H,3-4,9-11H2,1-2H3,(H,16,18)/t15-/m0/s1. The van der Waals surface area contributed by atoms with Crippen molar-refractivity contribution >= 4 is 5.91 Å². The van der Waals surface area contributed by atoms with E-state index in [0.29, 0.717) is 6.04 Å². The maximum Gasteiger partial charge on any atom is 0.216 e. The van der Waals surface area contributed by atoms with Crippen LogP contribution < -0.4 is 10.1 Å². The molecule has 1 amide bonds. The number of hydrogen-bond donors (Lipinski definition) is 1. The zero-order valence-corrected chi connectivity index (χ0v) is 11.7. The van der Waals surface area contributed by atoms with Gasteiger partial charge in [0, 0.05) is 26.1 Å². The number of nitrogens with one attached hydrogen (secondary N) is 1. The van der Waals surface area contributed by atoms with Crippen LogP contribution in [0.5, 0.6) is 5.75 Å². The zero-order chi connectivity index (χ0) is 13.7. The monoisotopic (exact) mass is 262 g/mol. The largest absolute Gasteiger partial charge is 0.497 e. The van der Waals surface area contributed by atoms with Gasteiger partial charge < -0.3 is 10.1 Å². The number of carbonyl (C=O) groups is 1. The van der Waals surface area contributed by atoms with Crippen molar-refractivity contribution in [1.82, 2.24) is 10.2 Å². The first kappa shape index (κ1) is 13.9. The summed E-state index contributed by atoms with van der Waals surface area (Å²) < 4.78 is 5.19. The van der Waals surface area contributed by atoms with Crippen molar-refractivity contribution in [2.45, 2.75) is 25.8 Å². The van der Waals surface area contributed by atoms with Crippen molar-refractivity contribution in [3.05, 3.63) is 29.8 Å². The van der Waals surface area contributed by atoms with Gasteiger partial charge in [-0.25, -0.2) is 0 Å². The topological polar surface area (TPSA) is 41.6 Å². The third-order valence-corrected chi connectivity index (χ3v) is 3.64. The predicted octanol–water partition coefficient (Wildman–Crippen LogP) is 1.97. The van der Waals surface area contributed by atoms with E-state index in [2.05, 4.69) is 22.3 Å². The van der Waals surface area contributed by atoms with Gasteiger partial charge in [-0.3, -0.25) is 9.69 Å². The Hall–Kier alpha value is -1.55. The van der Waals surface area contributed by atoms with Gasteiger partial charge in [0.05, 0.1) is 7.11 Å². The van der Waals surface area contributed by atoms with Crippen LogP contribution in [-0.2, 0) is 4.79 Å². The van der Waals surface area contributed by atoms with Crippen molar-refractivity contribution in [3.8, 4) is 5.75 Å². The predicted molar refractivity (Wildman–Crippen MR) is 75.2 cm³/mol. The molecule has 1 aliphatic heterocycles. The number of likely N-dealkylation sites (tertiary alicyclic amines) is 1. The second-order valence-electron chi connectivity index (χ2n) is 4.95. The van der Waals surface area contributed by atoms with Gasteiger partial charge in [-0.2, -0.15) is 0 Å². The summed E-state index contributed by atoms with van der Waals surface area (Å²) in [4.78, 5) is 13.3. The summed E-state index contributed by atoms with van der Waals surface area (Å²) >= 11 is 0. The Morgan fingerprint density at radius 2 is 2.16 bits per heavy atom. The van der Waals surface area contributed by atoms with E-state index >= 15 is 0 Å². The molecule has 104 valence electrons. The lowest BCUT2D eigenvalue weighted by atomic mass is 10.0. The number of amides is 1. The molecule has 19 heavy (non-hydrogen) atoms. The van der Waals surface area contributed by atoms with Gasteiger partial charge in [-0.15, -0.1) is 0 Å². The van der Waals surface area contributed by atoms with Gasteiger partial charge in [-0.05, 0) is 37.1 Å². The molecule has 0 aliphatic carbocycles. The molecular formula is C15H22N2O2. The molecule has 0 unspecified atom stereocenters. The molecule has 1 aliphatic rings. The summed E-state index contributed by atoms with van der Waals surface area (Å²) in [5.41, 5.74) is 1.33. The fourth-order valence-electron chi connectivity index (χ4n) is 2.67. The number of methoxy groups -OCH3 is 1. The van der Waals surface area contributed by atoms with Gasteiger partial charge in [0.2, 0.25) is 5.91 Å². The number of benzene rings is 1. The van der Waals surface area contributed by atoms with E-state index in [1.807, 2.05) is 12.1 Å².